The molecule has 1 aliphatic rings. The van der Waals surface area contributed by atoms with Crippen molar-refractivity contribution in [2.24, 2.45) is 0 Å². The number of nitrogens with zero attached hydrogens (tertiary/aromatic N) is 2. The highest BCUT2D eigenvalue weighted by Gasteiger charge is 2.21. The van der Waals surface area contributed by atoms with E-state index in [9.17, 15) is 9.90 Å². The standard InChI is InChI=1S/C16H24N2O2/c1-13(18-8-3-4-9-18)10-16(20)17(2)12-14-6-5-7-15(19)11-14/h5-7,11,13,19H,3-4,8-10,12H2,1-2H3. The van der Waals surface area contributed by atoms with Gasteiger partial charge in [-0.3, -0.25) is 4.79 Å². The van der Waals surface area contributed by atoms with Gasteiger partial charge in [-0.25, -0.2) is 0 Å². The van der Waals surface area contributed by atoms with Gasteiger partial charge in [0.25, 0.3) is 0 Å². The van der Waals surface area contributed by atoms with Crippen LogP contribution in [-0.4, -0.2) is 47.0 Å². The smallest absolute Gasteiger partial charge is 0.224 e. The van der Waals surface area contributed by atoms with Crippen molar-refractivity contribution in [3.8, 4) is 5.75 Å². The van der Waals surface area contributed by atoms with Gasteiger partial charge in [-0.2, -0.15) is 0 Å². The summed E-state index contributed by atoms with van der Waals surface area (Å²) in [6, 6.07) is 7.38. The van der Waals surface area contributed by atoms with Crippen LogP contribution in [0, 0.1) is 0 Å². The molecule has 1 unspecified atom stereocenters. The highest BCUT2D eigenvalue weighted by molar-refractivity contribution is 5.76. The second-order valence-electron chi connectivity index (χ2n) is 5.72. The molecular weight excluding hydrogens is 252 g/mol. The third-order valence-electron chi connectivity index (χ3n) is 3.99. The topological polar surface area (TPSA) is 43.8 Å². The third kappa shape index (κ3) is 3.97. The molecule has 1 saturated heterocycles. The zero-order valence-electron chi connectivity index (χ0n) is 12.4. The van der Waals surface area contributed by atoms with E-state index in [-0.39, 0.29) is 11.7 Å². The van der Waals surface area contributed by atoms with Gasteiger partial charge in [-0.1, -0.05) is 12.1 Å². The first-order chi connectivity index (χ1) is 9.56. The molecule has 0 spiro atoms. The number of amides is 1. The SMILES string of the molecule is CC(CC(=O)N(C)Cc1cccc(O)c1)N1CCCC1. The number of phenolic OH excluding ortho intramolecular Hbond substituents is 1. The number of rotatable bonds is 5. The van der Waals surface area contributed by atoms with Gasteiger partial charge in [0.05, 0.1) is 0 Å². The second-order valence-corrected chi connectivity index (χ2v) is 5.72. The third-order valence-corrected chi connectivity index (χ3v) is 3.99. The van der Waals surface area contributed by atoms with Gasteiger partial charge in [0.2, 0.25) is 5.91 Å². The lowest BCUT2D eigenvalue weighted by atomic mass is 10.1. The molecule has 1 aliphatic heterocycles. The molecule has 1 atom stereocenters. The van der Waals surface area contributed by atoms with E-state index in [2.05, 4.69) is 11.8 Å². The van der Waals surface area contributed by atoms with E-state index in [1.165, 1.54) is 12.8 Å². The van der Waals surface area contributed by atoms with Gasteiger partial charge in [0.1, 0.15) is 5.75 Å². The minimum atomic E-state index is 0.160. The monoisotopic (exact) mass is 276 g/mol. The Morgan fingerprint density at radius 3 is 2.75 bits per heavy atom. The second kappa shape index (κ2) is 6.75. The first kappa shape index (κ1) is 14.9. The van der Waals surface area contributed by atoms with Gasteiger partial charge in [0.15, 0.2) is 0 Å². The number of hydrogen-bond donors (Lipinski definition) is 1. The highest BCUT2D eigenvalue weighted by atomic mass is 16.3. The molecular formula is C16H24N2O2. The van der Waals surface area contributed by atoms with Crippen LogP contribution in [0.4, 0.5) is 0 Å². The predicted molar refractivity (Wildman–Crippen MR) is 79.5 cm³/mol. The number of phenols is 1. The summed E-state index contributed by atoms with van der Waals surface area (Å²) in [6.07, 6.45) is 3.06. The molecule has 0 aliphatic carbocycles. The Labute approximate surface area is 121 Å². The molecule has 20 heavy (non-hydrogen) atoms. The Kier molecular flexibility index (Phi) is 5.01. The molecule has 1 amide bonds. The molecule has 1 heterocycles. The molecule has 110 valence electrons. The Hall–Kier alpha value is -1.55. The van der Waals surface area contributed by atoms with Crippen molar-refractivity contribution in [1.29, 1.82) is 0 Å². The van der Waals surface area contributed by atoms with Crippen molar-refractivity contribution in [2.75, 3.05) is 20.1 Å². The maximum atomic E-state index is 12.2. The molecule has 0 radical (unpaired) electrons. The molecule has 2 rings (SSSR count). The van der Waals surface area contributed by atoms with E-state index in [1.807, 2.05) is 13.1 Å². The van der Waals surface area contributed by atoms with Crippen LogP contribution >= 0.6 is 0 Å². The lowest BCUT2D eigenvalue weighted by molar-refractivity contribution is -0.131. The Bertz CT molecular complexity index is 456. The van der Waals surface area contributed by atoms with Crippen molar-refractivity contribution in [1.82, 2.24) is 9.80 Å². The summed E-state index contributed by atoms with van der Waals surface area (Å²) >= 11 is 0. The largest absolute Gasteiger partial charge is 0.508 e. The van der Waals surface area contributed by atoms with E-state index in [1.54, 1.807) is 23.1 Å². The number of likely N-dealkylation sites (tertiary alicyclic amines) is 1. The number of carbonyl (C=O) groups excluding carboxylic acids is 1. The van der Waals surface area contributed by atoms with Gasteiger partial charge >= 0.3 is 0 Å². The number of aromatic hydroxyl groups is 1. The normalized spacial score (nSPS) is 17.1. The molecule has 1 fully saturated rings. The quantitative estimate of drug-likeness (QED) is 0.897. The van der Waals surface area contributed by atoms with E-state index in [0.29, 0.717) is 19.0 Å². The van der Waals surface area contributed by atoms with Crippen LogP contribution in [0.25, 0.3) is 0 Å². The molecule has 4 heteroatoms. The van der Waals surface area contributed by atoms with Gasteiger partial charge in [-0.15, -0.1) is 0 Å². The van der Waals surface area contributed by atoms with Gasteiger partial charge in [-0.05, 0) is 50.6 Å². The maximum Gasteiger partial charge on any atom is 0.224 e. The van der Waals surface area contributed by atoms with E-state index < -0.39 is 0 Å². The maximum absolute atomic E-state index is 12.2. The van der Waals surface area contributed by atoms with E-state index >= 15 is 0 Å². The number of hydrogen-bond acceptors (Lipinski definition) is 3. The first-order valence-electron chi connectivity index (χ1n) is 7.32. The molecule has 4 nitrogen and oxygen atoms in total. The average Bonchev–Trinajstić information content (AvgIpc) is 2.92. The fraction of sp³-hybridized carbons (Fsp3) is 0.562. The fourth-order valence-corrected chi connectivity index (χ4v) is 2.74. The van der Waals surface area contributed by atoms with Crippen molar-refractivity contribution in [2.45, 2.75) is 38.8 Å². The van der Waals surface area contributed by atoms with Crippen molar-refractivity contribution in [3.63, 3.8) is 0 Å². The van der Waals surface area contributed by atoms with Crippen LogP contribution in [0.5, 0.6) is 5.75 Å². The summed E-state index contributed by atoms with van der Waals surface area (Å²) in [5.41, 5.74) is 0.953. The molecule has 0 bridgehead atoms. The minimum Gasteiger partial charge on any atom is -0.508 e. The van der Waals surface area contributed by atoms with Crippen LogP contribution in [-0.2, 0) is 11.3 Å². The van der Waals surface area contributed by atoms with Gasteiger partial charge < -0.3 is 14.9 Å². The predicted octanol–water partition coefficient (Wildman–Crippen LogP) is 2.23. The van der Waals surface area contributed by atoms with Crippen LogP contribution < -0.4 is 0 Å². The summed E-state index contributed by atoms with van der Waals surface area (Å²) in [5, 5.41) is 9.44. The highest BCUT2D eigenvalue weighted by Crippen LogP contribution is 2.16. The Morgan fingerprint density at radius 1 is 1.40 bits per heavy atom. The van der Waals surface area contributed by atoms with Gasteiger partial charge in [0, 0.05) is 26.1 Å². The zero-order valence-corrected chi connectivity index (χ0v) is 12.4. The molecule has 1 aromatic carbocycles. The molecule has 0 saturated carbocycles. The van der Waals surface area contributed by atoms with Crippen molar-refractivity contribution >= 4 is 5.91 Å². The van der Waals surface area contributed by atoms with Crippen LogP contribution in [0.15, 0.2) is 24.3 Å². The Balaban J connectivity index is 1.85. The molecule has 1 N–H and O–H groups in total. The minimum absolute atomic E-state index is 0.160. The Morgan fingerprint density at radius 2 is 2.10 bits per heavy atom. The van der Waals surface area contributed by atoms with Crippen molar-refractivity contribution in [3.05, 3.63) is 29.8 Å². The summed E-state index contributed by atoms with van der Waals surface area (Å²) in [7, 11) is 1.82. The summed E-state index contributed by atoms with van der Waals surface area (Å²) in [6.45, 7) is 4.90. The van der Waals surface area contributed by atoms with E-state index in [0.717, 1.165) is 18.7 Å². The van der Waals surface area contributed by atoms with Crippen molar-refractivity contribution < 1.29 is 9.90 Å². The molecule has 0 aromatic heterocycles. The summed E-state index contributed by atoms with van der Waals surface area (Å²) in [5.74, 6) is 0.404. The number of carbonyl (C=O) groups is 1. The fourth-order valence-electron chi connectivity index (χ4n) is 2.74. The zero-order chi connectivity index (χ0) is 14.5. The van der Waals surface area contributed by atoms with Crippen LogP contribution in [0.2, 0.25) is 0 Å². The van der Waals surface area contributed by atoms with Crippen LogP contribution in [0.3, 0.4) is 0 Å². The van der Waals surface area contributed by atoms with Crippen LogP contribution in [0.1, 0.15) is 31.7 Å². The lowest BCUT2D eigenvalue weighted by Gasteiger charge is -2.25. The lowest BCUT2D eigenvalue weighted by Crippen LogP contribution is -2.36. The number of benzene rings is 1. The molecule has 1 aromatic rings. The average molecular weight is 276 g/mol. The summed E-state index contributed by atoms with van der Waals surface area (Å²) < 4.78 is 0. The summed E-state index contributed by atoms with van der Waals surface area (Å²) in [4.78, 5) is 16.4. The van der Waals surface area contributed by atoms with E-state index in [4.69, 9.17) is 0 Å². The first-order valence-corrected chi connectivity index (χ1v) is 7.32.